The molecule has 0 heterocycles. The van der Waals surface area contributed by atoms with Crippen LogP contribution in [0.15, 0.2) is 0 Å². The molecule has 0 rings (SSSR count). The van der Waals surface area contributed by atoms with Crippen LogP contribution in [0.25, 0.3) is 0 Å². The first kappa shape index (κ1) is 15.4. The van der Waals surface area contributed by atoms with E-state index < -0.39 is 0 Å². The summed E-state index contributed by atoms with van der Waals surface area (Å²) in [5.74, 6) is 0.904. The van der Waals surface area contributed by atoms with Crippen molar-refractivity contribution in [2.24, 2.45) is 5.92 Å². The highest BCUT2D eigenvalue weighted by molar-refractivity contribution is 4.46. The van der Waals surface area contributed by atoms with Crippen molar-refractivity contribution in [2.45, 2.75) is 66.2 Å². The van der Waals surface area contributed by atoms with Crippen LogP contribution in [0.1, 0.15) is 66.2 Å². The van der Waals surface area contributed by atoms with Crippen LogP contribution in [0.2, 0.25) is 0 Å². The summed E-state index contributed by atoms with van der Waals surface area (Å²) in [6, 6.07) is 0. The molecule has 0 fully saturated rings. The number of rotatable bonds is 6. The fourth-order valence-electron chi connectivity index (χ4n) is 1.16. The summed E-state index contributed by atoms with van der Waals surface area (Å²) in [5, 5.41) is 0. The van der Waals surface area contributed by atoms with Gasteiger partial charge in [0.1, 0.15) is 0 Å². The first-order valence-corrected chi connectivity index (χ1v) is 5.74. The van der Waals surface area contributed by atoms with Gasteiger partial charge in [0.15, 0.2) is 0 Å². The zero-order chi connectivity index (χ0) is 10.5. The van der Waals surface area contributed by atoms with Gasteiger partial charge < -0.3 is 0 Å². The summed E-state index contributed by atoms with van der Waals surface area (Å²) in [4.78, 5) is 0. The average molecular weight is 190 g/mol. The molecule has 0 saturated carbocycles. The Morgan fingerprint density at radius 1 is 0.923 bits per heavy atom. The van der Waals surface area contributed by atoms with E-state index in [0.717, 1.165) is 5.92 Å². The molecule has 0 radical (unpaired) electrons. The summed E-state index contributed by atoms with van der Waals surface area (Å²) in [5.41, 5.74) is 0. The van der Waals surface area contributed by atoms with Gasteiger partial charge in [-0.3, -0.25) is 4.39 Å². The maximum Gasteiger partial charge on any atom is 0.0866 e. The predicted octanol–water partition coefficient (Wildman–Crippen LogP) is 4.98. The molecule has 0 aliphatic carbocycles. The molecular formula is C12H27F. The Labute approximate surface area is 83.9 Å². The number of hydrogen-bond acceptors (Lipinski definition) is 0. The van der Waals surface area contributed by atoms with Crippen molar-refractivity contribution in [1.82, 2.24) is 0 Å². The second-order valence-corrected chi connectivity index (χ2v) is 3.86. The van der Waals surface area contributed by atoms with Gasteiger partial charge in [0.25, 0.3) is 0 Å². The number of unbranched alkanes of at least 4 members (excludes halogenated alkanes) is 4. The minimum atomic E-state index is -0.250. The van der Waals surface area contributed by atoms with Gasteiger partial charge in [0, 0.05) is 0 Å². The highest BCUT2D eigenvalue weighted by Crippen LogP contribution is 2.09. The lowest BCUT2D eigenvalue weighted by molar-refractivity contribution is 0.518. The molecule has 0 atom stereocenters. The molecule has 1 heteroatoms. The first-order chi connectivity index (χ1) is 6.18. The van der Waals surface area contributed by atoms with Crippen molar-refractivity contribution < 1.29 is 4.39 Å². The van der Waals surface area contributed by atoms with E-state index in [4.69, 9.17) is 0 Å². The fraction of sp³-hybridized carbons (Fsp3) is 1.00. The molecule has 0 aliphatic rings. The molecule has 0 aromatic rings. The fourth-order valence-corrected chi connectivity index (χ4v) is 1.16. The van der Waals surface area contributed by atoms with Crippen molar-refractivity contribution in [2.75, 3.05) is 6.67 Å². The molecule has 0 amide bonds. The standard InChI is InChI=1S/C10H22.C2H5F/c1-4-5-6-7-8-9-10(2)3;1-2-3/h10H,4-9H2,1-3H3;2H2,1H3. The van der Waals surface area contributed by atoms with E-state index in [1.807, 2.05) is 0 Å². The Morgan fingerprint density at radius 3 is 1.77 bits per heavy atom. The number of halogens is 1. The van der Waals surface area contributed by atoms with Crippen molar-refractivity contribution in [3.8, 4) is 0 Å². The largest absolute Gasteiger partial charge is 0.251 e. The van der Waals surface area contributed by atoms with Gasteiger partial charge in [-0.2, -0.15) is 0 Å². The molecular weight excluding hydrogens is 163 g/mol. The maximum atomic E-state index is 10.3. The van der Waals surface area contributed by atoms with Gasteiger partial charge >= 0.3 is 0 Å². The monoisotopic (exact) mass is 190 g/mol. The topological polar surface area (TPSA) is 0 Å². The summed E-state index contributed by atoms with van der Waals surface area (Å²) >= 11 is 0. The van der Waals surface area contributed by atoms with E-state index in [9.17, 15) is 4.39 Å². The molecule has 0 bridgehead atoms. The highest BCUT2D eigenvalue weighted by Gasteiger charge is 1.92. The highest BCUT2D eigenvalue weighted by atomic mass is 19.1. The lowest BCUT2D eigenvalue weighted by Gasteiger charge is -2.02. The normalized spacial score (nSPS) is 9.69. The van der Waals surface area contributed by atoms with Gasteiger partial charge in [-0.05, 0) is 12.8 Å². The zero-order valence-electron chi connectivity index (χ0n) is 9.91. The Balaban J connectivity index is 0. The van der Waals surface area contributed by atoms with Gasteiger partial charge in [0.2, 0.25) is 0 Å². The Bertz CT molecular complexity index is 69.5. The third-order valence-electron chi connectivity index (χ3n) is 1.89. The Hall–Kier alpha value is -0.0700. The van der Waals surface area contributed by atoms with Crippen LogP contribution in [0.4, 0.5) is 4.39 Å². The molecule has 0 N–H and O–H groups in total. The van der Waals surface area contributed by atoms with Crippen molar-refractivity contribution in [3.05, 3.63) is 0 Å². The quantitative estimate of drug-likeness (QED) is 0.518. The molecule has 0 aromatic heterocycles. The SMILES string of the molecule is CCCCCCCC(C)C.CCF. The minimum absolute atomic E-state index is 0.250. The van der Waals surface area contributed by atoms with Gasteiger partial charge in [-0.1, -0.05) is 59.3 Å². The van der Waals surface area contributed by atoms with E-state index in [1.54, 1.807) is 0 Å². The summed E-state index contributed by atoms with van der Waals surface area (Å²) in [6.07, 6.45) is 8.55. The van der Waals surface area contributed by atoms with E-state index in [0.29, 0.717) is 0 Å². The predicted molar refractivity (Wildman–Crippen MR) is 59.9 cm³/mol. The van der Waals surface area contributed by atoms with Crippen molar-refractivity contribution in [3.63, 3.8) is 0 Å². The molecule has 0 unspecified atom stereocenters. The molecule has 0 aliphatic heterocycles. The third-order valence-corrected chi connectivity index (χ3v) is 1.89. The summed E-state index contributed by atoms with van der Waals surface area (Å²) in [6.45, 7) is 8.09. The molecule has 13 heavy (non-hydrogen) atoms. The molecule has 82 valence electrons. The van der Waals surface area contributed by atoms with Crippen molar-refractivity contribution in [1.29, 1.82) is 0 Å². The van der Waals surface area contributed by atoms with Gasteiger partial charge in [-0.15, -0.1) is 0 Å². The van der Waals surface area contributed by atoms with Gasteiger partial charge in [-0.25, -0.2) is 0 Å². The number of hydrogen-bond donors (Lipinski definition) is 0. The van der Waals surface area contributed by atoms with Crippen LogP contribution >= 0.6 is 0 Å². The van der Waals surface area contributed by atoms with Crippen LogP contribution in [-0.2, 0) is 0 Å². The Kier molecular flexibility index (Phi) is 17.1. The molecule has 0 spiro atoms. The van der Waals surface area contributed by atoms with E-state index in [1.165, 1.54) is 45.4 Å². The minimum Gasteiger partial charge on any atom is -0.251 e. The van der Waals surface area contributed by atoms with E-state index in [2.05, 4.69) is 20.8 Å². The average Bonchev–Trinajstić information content (AvgIpc) is 2.05. The molecule has 0 nitrogen and oxygen atoms in total. The van der Waals surface area contributed by atoms with Crippen LogP contribution in [0, 0.1) is 5.92 Å². The molecule has 0 aromatic carbocycles. The van der Waals surface area contributed by atoms with Crippen LogP contribution in [0.3, 0.4) is 0 Å². The second kappa shape index (κ2) is 14.5. The van der Waals surface area contributed by atoms with E-state index in [-0.39, 0.29) is 6.67 Å². The van der Waals surface area contributed by atoms with Crippen LogP contribution < -0.4 is 0 Å². The van der Waals surface area contributed by atoms with Crippen LogP contribution in [-0.4, -0.2) is 6.67 Å². The Morgan fingerprint density at radius 2 is 1.38 bits per heavy atom. The lowest BCUT2D eigenvalue weighted by Crippen LogP contribution is -1.86. The summed E-state index contributed by atoms with van der Waals surface area (Å²) in [7, 11) is 0. The first-order valence-electron chi connectivity index (χ1n) is 5.74. The second-order valence-electron chi connectivity index (χ2n) is 3.86. The maximum absolute atomic E-state index is 10.3. The summed E-state index contributed by atoms with van der Waals surface area (Å²) < 4.78 is 10.3. The van der Waals surface area contributed by atoms with Crippen LogP contribution in [0.5, 0.6) is 0 Å². The smallest absolute Gasteiger partial charge is 0.0866 e. The van der Waals surface area contributed by atoms with Crippen molar-refractivity contribution >= 4 is 0 Å². The number of alkyl halides is 1. The third kappa shape index (κ3) is 24.5. The molecule has 0 saturated heterocycles. The van der Waals surface area contributed by atoms with E-state index >= 15 is 0 Å². The van der Waals surface area contributed by atoms with Gasteiger partial charge in [0.05, 0.1) is 6.67 Å². The zero-order valence-corrected chi connectivity index (χ0v) is 9.91. The lowest BCUT2D eigenvalue weighted by atomic mass is 10.0.